The third-order valence-electron chi connectivity index (χ3n) is 6.96. The van der Waals surface area contributed by atoms with Crippen LogP contribution in [0.2, 0.25) is 5.02 Å². The van der Waals surface area contributed by atoms with Crippen molar-refractivity contribution in [3.05, 3.63) is 76.5 Å². The van der Waals surface area contributed by atoms with E-state index in [1.807, 2.05) is 0 Å². The molecule has 0 spiro atoms. The van der Waals surface area contributed by atoms with Crippen molar-refractivity contribution in [1.82, 2.24) is 29.7 Å². The van der Waals surface area contributed by atoms with E-state index in [0.717, 1.165) is 23.5 Å². The summed E-state index contributed by atoms with van der Waals surface area (Å²) < 4.78 is 71.3. The minimum atomic E-state index is -3.26. The molecule has 3 aromatic heterocycles. The van der Waals surface area contributed by atoms with E-state index in [4.69, 9.17) is 11.6 Å². The van der Waals surface area contributed by atoms with Crippen molar-refractivity contribution in [3.63, 3.8) is 0 Å². The molecular formula is C27H22ClF5N8O2. The highest BCUT2D eigenvalue weighted by Gasteiger charge is 2.29. The average molecular weight is 621 g/mol. The van der Waals surface area contributed by atoms with E-state index in [1.54, 1.807) is 19.3 Å². The van der Waals surface area contributed by atoms with Gasteiger partial charge in [-0.3, -0.25) is 24.2 Å². The highest BCUT2D eigenvalue weighted by atomic mass is 35.5. The standard InChI is InChI=1S/C27H22ClF5N8O2/c1-13(14-8-35-27(36-9-14)40-7-3-4-19(40)42)41-12-15(10-37-41)39(2)26(43)23-22(25(32)33)34-11-18(38-23)20-16(24(30)31)5-6-17(28)21(20)29/h5-6,8-13,24-25H,3-4,7H2,1-2H3/t13-/m0/s1. The SMILES string of the molecule is C[C@@H](c1cnc(N2CCCC2=O)nc1)n1cc(N(C)C(=O)c2nc(-c3c(C(F)F)ccc(Cl)c3F)cnc2C(F)F)cn1. The third kappa shape index (κ3) is 5.76. The van der Waals surface area contributed by atoms with Crippen LogP contribution in [0.5, 0.6) is 0 Å². The molecule has 1 aromatic carbocycles. The zero-order chi connectivity index (χ0) is 31.0. The largest absolute Gasteiger partial charge is 0.307 e. The molecule has 0 bridgehead atoms. The van der Waals surface area contributed by atoms with E-state index in [-0.39, 0.29) is 11.6 Å². The summed E-state index contributed by atoms with van der Waals surface area (Å²) in [7, 11) is 1.27. The van der Waals surface area contributed by atoms with E-state index < -0.39 is 63.8 Å². The lowest BCUT2D eigenvalue weighted by molar-refractivity contribution is -0.117. The Morgan fingerprint density at radius 2 is 1.77 bits per heavy atom. The first-order valence-corrected chi connectivity index (χ1v) is 13.2. The van der Waals surface area contributed by atoms with Gasteiger partial charge in [-0.1, -0.05) is 17.7 Å². The molecule has 1 atom stereocenters. The van der Waals surface area contributed by atoms with Gasteiger partial charge in [0, 0.05) is 55.3 Å². The molecule has 0 N–H and O–H groups in total. The molecule has 2 amide bonds. The average Bonchev–Trinajstić information content (AvgIpc) is 3.66. The van der Waals surface area contributed by atoms with Crippen LogP contribution in [-0.2, 0) is 4.79 Å². The van der Waals surface area contributed by atoms with Gasteiger partial charge in [0.05, 0.1) is 34.8 Å². The molecule has 1 aliphatic heterocycles. The first kappa shape index (κ1) is 29.9. The Bertz CT molecular complexity index is 1680. The summed E-state index contributed by atoms with van der Waals surface area (Å²) in [6, 6.07) is 1.37. The predicted molar refractivity (Wildman–Crippen MR) is 145 cm³/mol. The van der Waals surface area contributed by atoms with E-state index in [0.29, 0.717) is 30.7 Å². The van der Waals surface area contributed by atoms with Gasteiger partial charge in [0.2, 0.25) is 11.9 Å². The molecule has 5 rings (SSSR count). The number of halogens is 6. The summed E-state index contributed by atoms with van der Waals surface area (Å²) in [4.78, 5) is 43.8. The predicted octanol–water partition coefficient (Wildman–Crippen LogP) is 5.81. The monoisotopic (exact) mass is 620 g/mol. The smallest absolute Gasteiger partial charge is 0.282 e. The fourth-order valence-corrected chi connectivity index (χ4v) is 4.69. The number of alkyl halides is 4. The van der Waals surface area contributed by atoms with Crippen molar-refractivity contribution in [3.8, 4) is 11.3 Å². The number of hydrogen-bond donors (Lipinski definition) is 0. The number of anilines is 2. The van der Waals surface area contributed by atoms with Gasteiger partial charge in [0.15, 0.2) is 11.5 Å². The van der Waals surface area contributed by atoms with Crippen molar-refractivity contribution in [2.45, 2.75) is 38.7 Å². The Morgan fingerprint density at radius 3 is 2.40 bits per heavy atom. The Morgan fingerprint density at radius 1 is 1.05 bits per heavy atom. The first-order valence-electron chi connectivity index (χ1n) is 12.8. The Hall–Kier alpha value is -4.53. The number of carbonyl (C=O) groups is 2. The van der Waals surface area contributed by atoms with Gasteiger partial charge in [0.25, 0.3) is 18.8 Å². The molecular weight excluding hydrogens is 599 g/mol. The second-order valence-electron chi connectivity index (χ2n) is 9.60. The molecule has 0 saturated carbocycles. The topological polar surface area (TPSA) is 110 Å². The highest BCUT2D eigenvalue weighted by Crippen LogP contribution is 2.36. The molecule has 16 heteroatoms. The van der Waals surface area contributed by atoms with Crippen LogP contribution in [0, 0.1) is 5.82 Å². The van der Waals surface area contributed by atoms with E-state index in [9.17, 15) is 31.5 Å². The molecule has 4 aromatic rings. The number of nitrogens with zero attached hydrogens (tertiary/aromatic N) is 8. The lowest BCUT2D eigenvalue weighted by Gasteiger charge is -2.18. The van der Waals surface area contributed by atoms with Crippen molar-refractivity contribution >= 4 is 35.1 Å². The number of carbonyl (C=O) groups excluding carboxylic acids is 2. The maximum Gasteiger partial charge on any atom is 0.282 e. The van der Waals surface area contributed by atoms with Crippen LogP contribution in [0.3, 0.4) is 0 Å². The number of rotatable bonds is 8. The molecule has 43 heavy (non-hydrogen) atoms. The van der Waals surface area contributed by atoms with Crippen LogP contribution in [0.1, 0.15) is 66.0 Å². The molecule has 1 saturated heterocycles. The molecule has 1 aliphatic rings. The van der Waals surface area contributed by atoms with Crippen molar-refractivity contribution < 1.29 is 31.5 Å². The minimum Gasteiger partial charge on any atom is -0.307 e. The minimum absolute atomic E-state index is 0.0531. The Kier molecular flexibility index (Phi) is 8.35. The van der Waals surface area contributed by atoms with Gasteiger partial charge in [-0.25, -0.2) is 36.9 Å². The van der Waals surface area contributed by atoms with Crippen LogP contribution in [0.25, 0.3) is 11.3 Å². The van der Waals surface area contributed by atoms with Crippen molar-refractivity contribution in [1.29, 1.82) is 0 Å². The zero-order valence-electron chi connectivity index (χ0n) is 22.6. The molecule has 1 fully saturated rings. The summed E-state index contributed by atoms with van der Waals surface area (Å²) in [5.74, 6) is -2.09. The van der Waals surface area contributed by atoms with Gasteiger partial charge in [0.1, 0.15) is 5.69 Å². The van der Waals surface area contributed by atoms with Crippen LogP contribution in [-0.4, -0.2) is 55.1 Å². The summed E-state index contributed by atoms with van der Waals surface area (Å²) >= 11 is 5.77. The molecule has 0 aliphatic carbocycles. The molecule has 10 nitrogen and oxygen atoms in total. The quantitative estimate of drug-likeness (QED) is 0.229. The Labute approximate surface area is 246 Å². The highest BCUT2D eigenvalue weighted by molar-refractivity contribution is 6.31. The number of benzene rings is 1. The summed E-state index contributed by atoms with van der Waals surface area (Å²) in [6.45, 7) is 2.32. The van der Waals surface area contributed by atoms with Crippen molar-refractivity contribution in [2.75, 3.05) is 23.4 Å². The maximum absolute atomic E-state index is 14.8. The number of amides is 2. The fourth-order valence-electron chi connectivity index (χ4n) is 4.53. The van der Waals surface area contributed by atoms with Crippen LogP contribution >= 0.6 is 11.6 Å². The van der Waals surface area contributed by atoms with Gasteiger partial charge < -0.3 is 4.90 Å². The summed E-state index contributed by atoms with van der Waals surface area (Å²) in [5, 5.41) is 3.74. The van der Waals surface area contributed by atoms with E-state index >= 15 is 0 Å². The van der Waals surface area contributed by atoms with Crippen LogP contribution in [0.15, 0.2) is 43.1 Å². The second-order valence-corrected chi connectivity index (χ2v) is 10.0. The van der Waals surface area contributed by atoms with E-state index in [1.165, 1.54) is 29.0 Å². The molecule has 224 valence electrons. The van der Waals surface area contributed by atoms with Gasteiger partial charge in [-0.2, -0.15) is 5.10 Å². The first-order chi connectivity index (χ1) is 20.5. The molecule has 0 radical (unpaired) electrons. The lowest BCUT2D eigenvalue weighted by Crippen LogP contribution is -2.28. The van der Waals surface area contributed by atoms with Gasteiger partial charge in [-0.15, -0.1) is 0 Å². The van der Waals surface area contributed by atoms with E-state index in [2.05, 4.69) is 25.0 Å². The van der Waals surface area contributed by atoms with Gasteiger partial charge >= 0.3 is 0 Å². The summed E-state index contributed by atoms with van der Waals surface area (Å²) in [6.07, 6.45) is 1.31. The molecule has 4 heterocycles. The number of hydrogen-bond acceptors (Lipinski definition) is 7. The Balaban J connectivity index is 1.43. The van der Waals surface area contributed by atoms with Crippen molar-refractivity contribution in [2.24, 2.45) is 0 Å². The second kappa shape index (κ2) is 12.0. The fraction of sp³-hybridized carbons (Fsp3) is 0.296. The zero-order valence-corrected chi connectivity index (χ0v) is 23.3. The number of aromatic nitrogens is 6. The molecule has 0 unspecified atom stereocenters. The third-order valence-corrected chi connectivity index (χ3v) is 7.25. The maximum atomic E-state index is 14.8. The lowest BCUT2D eigenvalue weighted by atomic mass is 10.0. The van der Waals surface area contributed by atoms with Crippen LogP contribution < -0.4 is 9.80 Å². The van der Waals surface area contributed by atoms with Crippen LogP contribution in [0.4, 0.5) is 33.6 Å². The van der Waals surface area contributed by atoms with Gasteiger partial charge in [-0.05, 0) is 19.4 Å². The normalized spacial score (nSPS) is 14.2. The summed E-state index contributed by atoms with van der Waals surface area (Å²) in [5.41, 5.74) is -3.20.